The number of nitrogens with one attached hydrogen (secondary N) is 1. The molecule has 0 radical (unpaired) electrons. The average molecular weight is 287 g/mol. The van der Waals surface area contributed by atoms with E-state index in [2.05, 4.69) is 10.2 Å². The average Bonchev–Trinajstić information content (AvgIpc) is 2.96. The molecule has 0 bridgehead atoms. The number of nitrogen functional groups attached to an aromatic ring is 1. The van der Waals surface area contributed by atoms with E-state index in [0.717, 1.165) is 23.8 Å². The summed E-state index contributed by atoms with van der Waals surface area (Å²) in [6.07, 6.45) is 6.50. The number of rotatable bonds is 3. The Bertz CT molecular complexity index is 529. The van der Waals surface area contributed by atoms with Crippen molar-refractivity contribution in [3.8, 4) is 0 Å². The predicted octanol–water partition coefficient (Wildman–Crippen LogP) is 2.79. The Morgan fingerprint density at radius 2 is 2.14 bits per heavy atom. The molecule has 3 rings (SSSR count). The molecule has 1 heterocycles. The minimum atomic E-state index is -0.0151. The topological polar surface area (TPSA) is 58.4 Å². The van der Waals surface area contributed by atoms with Gasteiger partial charge in [0.15, 0.2) is 0 Å². The van der Waals surface area contributed by atoms with Crippen LogP contribution in [0.2, 0.25) is 0 Å². The molecule has 114 valence electrons. The Balaban J connectivity index is 1.89. The molecule has 1 saturated carbocycles. The monoisotopic (exact) mass is 287 g/mol. The molecule has 1 aromatic carbocycles. The molecule has 2 fully saturated rings. The van der Waals surface area contributed by atoms with Crippen LogP contribution >= 0.6 is 0 Å². The van der Waals surface area contributed by atoms with Gasteiger partial charge in [0.1, 0.15) is 0 Å². The van der Waals surface area contributed by atoms with Crippen LogP contribution in [-0.2, 0) is 0 Å². The molecular formula is C17H25N3O. The van der Waals surface area contributed by atoms with E-state index in [9.17, 15) is 4.79 Å². The Hall–Kier alpha value is -1.71. The fourth-order valence-electron chi connectivity index (χ4n) is 3.95. The summed E-state index contributed by atoms with van der Waals surface area (Å²) in [5.41, 5.74) is 8.75. The van der Waals surface area contributed by atoms with Crippen molar-refractivity contribution >= 4 is 17.3 Å². The summed E-state index contributed by atoms with van der Waals surface area (Å²) in [6.45, 7) is 3.64. The minimum absolute atomic E-state index is 0.0151. The quantitative estimate of drug-likeness (QED) is 0.840. The number of carbonyl (C=O) groups is 1. The fraction of sp³-hybridized carbons (Fsp3) is 0.588. The van der Waals surface area contributed by atoms with Crippen LogP contribution in [0.4, 0.5) is 11.4 Å². The van der Waals surface area contributed by atoms with Crippen molar-refractivity contribution in [1.82, 2.24) is 5.32 Å². The number of anilines is 2. The highest BCUT2D eigenvalue weighted by molar-refractivity contribution is 5.96. The number of nitrogens with zero attached hydrogens (tertiary/aromatic N) is 1. The summed E-state index contributed by atoms with van der Waals surface area (Å²) in [5, 5.41) is 2.86. The number of hydrogen-bond donors (Lipinski definition) is 2. The molecule has 1 amide bonds. The van der Waals surface area contributed by atoms with Gasteiger partial charge in [-0.1, -0.05) is 6.42 Å². The summed E-state index contributed by atoms with van der Waals surface area (Å²) in [7, 11) is 0. The molecule has 21 heavy (non-hydrogen) atoms. The minimum Gasteiger partial charge on any atom is -0.397 e. The lowest BCUT2D eigenvalue weighted by Crippen LogP contribution is -2.43. The van der Waals surface area contributed by atoms with E-state index in [0.29, 0.717) is 18.2 Å². The van der Waals surface area contributed by atoms with Crippen LogP contribution in [0.25, 0.3) is 0 Å². The Morgan fingerprint density at radius 1 is 1.33 bits per heavy atom. The van der Waals surface area contributed by atoms with Gasteiger partial charge in [-0.05, 0) is 56.7 Å². The van der Waals surface area contributed by atoms with Gasteiger partial charge in [-0.3, -0.25) is 4.79 Å². The van der Waals surface area contributed by atoms with E-state index >= 15 is 0 Å². The number of piperidine rings is 1. The van der Waals surface area contributed by atoms with Crippen molar-refractivity contribution in [2.45, 2.75) is 45.1 Å². The molecular weight excluding hydrogens is 262 g/mol. The second kappa shape index (κ2) is 5.96. The van der Waals surface area contributed by atoms with E-state index in [1.807, 2.05) is 25.1 Å². The second-order valence-electron chi connectivity index (χ2n) is 6.23. The molecule has 3 N–H and O–H groups in total. The molecule has 1 aromatic rings. The zero-order valence-electron chi connectivity index (χ0n) is 12.8. The van der Waals surface area contributed by atoms with Gasteiger partial charge in [-0.25, -0.2) is 0 Å². The van der Waals surface area contributed by atoms with E-state index in [1.165, 1.54) is 32.1 Å². The van der Waals surface area contributed by atoms with Crippen LogP contribution in [-0.4, -0.2) is 25.0 Å². The predicted molar refractivity (Wildman–Crippen MR) is 86.6 cm³/mol. The summed E-state index contributed by atoms with van der Waals surface area (Å²) >= 11 is 0. The molecule has 2 unspecified atom stereocenters. The fourth-order valence-corrected chi connectivity index (χ4v) is 3.95. The maximum atomic E-state index is 12.0. The van der Waals surface area contributed by atoms with Crippen LogP contribution in [0.3, 0.4) is 0 Å². The highest BCUT2D eigenvalue weighted by Crippen LogP contribution is 2.40. The zero-order chi connectivity index (χ0) is 14.8. The Kier molecular flexibility index (Phi) is 4.04. The van der Waals surface area contributed by atoms with Crippen molar-refractivity contribution in [3.05, 3.63) is 23.8 Å². The van der Waals surface area contributed by atoms with E-state index in [-0.39, 0.29) is 5.91 Å². The highest BCUT2D eigenvalue weighted by Gasteiger charge is 2.35. The standard InChI is InChI=1S/C17H25N3O/c1-2-19-17(21)13-8-9-14(18)16(11-13)20-10-4-6-12-5-3-7-15(12)20/h8-9,11-12,15H,2-7,10,18H2,1H3,(H,19,21). The maximum Gasteiger partial charge on any atom is 0.251 e. The van der Waals surface area contributed by atoms with Crippen LogP contribution in [0.5, 0.6) is 0 Å². The van der Waals surface area contributed by atoms with Gasteiger partial charge in [0.25, 0.3) is 5.91 Å². The molecule has 2 atom stereocenters. The third kappa shape index (κ3) is 2.71. The first-order valence-corrected chi connectivity index (χ1v) is 8.15. The lowest BCUT2D eigenvalue weighted by atomic mass is 9.91. The van der Waals surface area contributed by atoms with Crippen molar-refractivity contribution in [3.63, 3.8) is 0 Å². The molecule has 0 spiro atoms. The molecule has 4 heteroatoms. The van der Waals surface area contributed by atoms with Gasteiger partial charge in [0, 0.05) is 24.7 Å². The van der Waals surface area contributed by atoms with Gasteiger partial charge in [0.2, 0.25) is 0 Å². The number of amides is 1. The van der Waals surface area contributed by atoms with Gasteiger partial charge < -0.3 is 16.0 Å². The summed E-state index contributed by atoms with van der Waals surface area (Å²) in [4.78, 5) is 14.5. The van der Waals surface area contributed by atoms with Crippen molar-refractivity contribution < 1.29 is 4.79 Å². The first-order valence-electron chi connectivity index (χ1n) is 8.15. The lowest BCUT2D eigenvalue weighted by Gasteiger charge is -2.40. The third-order valence-corrected chi connectivity index (χ3v) is 4.93. The van der Waals surface area contributed by atoms with E-state index in [4.69, 9.17) is 5.73 Å². The summed E-state index contributed by atoms with van der Waals surface area (Å²) in [6, 6.07) is 6.28. The Morgan fingerprint density at radius 3 is 2.95 bits per heavy atom. The molecule has 1 aliphatic heterocycles. The SMILES string of the molecule is CCNC(=O)c1ccc(N)c(N2CCCC3CCCC32)c1. The number of hydrogen-bond acceptors (Lipinski definition) is 3. The van der Waals surface area contributed by atoms with Gasteiger partial charge in [-0.15, -0.1) is 0 Å². The third-order valence-electron chi connectivity index (χ3n) is 4.93. The molecule has 1 aliphatic carbocycles. The van der Waals surface area contributed by atoms with Crippen molar-refractivity contribution in [1.29, 1.82) is 0 Å². The number of benzene rings is 1. The Labute approximate surface area is 126 Å². The number of carbonyl (C=O) groups excluding carboxylic acids is 1. The van der Waals surface area contributed by atoms with Gasteiger partial charge >= 0.3 is 0 Å². The molecule has 2 aliphatic rings. The lowest BCUT2D eigenvalue weighted by molar-refractivity contribution is 0.0956. The van der Waals surface area contributed by atoms with Crippen LogP contribution in [0, 0.1) is 5.92 Å². The smallest absolute Gasteiger partial charge is 0.251 e. The van der Waals surface area contributed by atoms with Gasteiger partial charge in [0.05, 0.1) is 11.4 Å². The highest BCUT2D eigenvalue weighted by atomic mass is 16.1. The maximum absolute atomic E-state index is 12.0. The summed E-state index contributed by atoms with van der Waals surface area (Å²) < 4.78 is 0. The van der Waals surface area contributed by atoms with Crippen molar-refractivity contribution in [2.75, 3.05) is 23.7 Å². The number of fused-ring (bicyclic) bond motifs is 1. The van der Waals surface area contributed by atoms with Crippen molar-refractivity contribution in [2.24, 2.45) is 5.92 Å². The van der Waals surface area contributed by atoms with Crippen LogP contribution < -0.4 is 16.0 Å². The zero-order valence-corrected chi connectivity index (χ0v) is 12.8. The van der Waals surface area contributed by atoms with E-state index in [1.54, 1.807) is 0 Å². The normalized spacial score (nSPS) is 24.7. The van der Waals surface area contributed by atoms with Gasteiger partial charge in [-0.2, -0.15) is 0 Å². The summed E-state index contributed by atoms with van der Waals surface area (Å²) in [5.74, 6) is 0.796. The molecule has 4 nitrogen and oxygen atoms in total. The first-order chi connectivity index (χ1) is 10.2. The van der Waals surface area contributed by atoms with Crippen LogP contribution in [0.1, 0.15) is 49.4 Å². The molecule has 1 saturated heterocycles. The number of nitrogens with two attached hydrogens (primary N) is 1. The largest absolute Gasteiger partial charge is 0.397 e. The second-order valence-corrected chi connectivity index (χ2v) is 6.23. The van der Waals surface area contributed by atoms with Crippen LogP contribution in [0.15, 0.2) is 18.2 Å². The first kappa shape index (κ1) is 14.2. The van der Waals surface area contributed by atoms with E-state index < -0.39 is 0 Å². The molecule has 0 aromatic heterocycles.